The predicted octanol–water partition coefficient (Wildman–Crippen LogP) is 2.45. The van der Waals surface area contributed by atoms with Crippen molar-refractivity contribution in [1.29, 1.82) is 0 Å². The molecule has 1 aliphatic heterocycles. The Labute approximate surface area is 151 Å². The van der Waals surface area contributed by atoms with Gasteiger partial charge in [0.15, 0.2) is 0 Å². The standard InChI is InChI=1S/C20H21N3O3/c1-23-17-6-4-3-5-16(17)22-19(23)11-21-20(24)14-9-13-7-8-15(25-2)10-18(13)26-12-14/h3-8,10,14H,9,11-12H2,1-2H3,(H,21,24)/t14-/m0/s1. The van der Waals surface area contributed by atoms with E-state index in [-0.39, 0.29) is 11.8 Å². The minimum atomic E-state index is -0.203. The summed E-state index contributed by atoms with van der Waals surface area (Å²) in [6.45, 7) is 0.768. The zero-order valence-electron chi connectivity index (χ0n) is 14.9. The molecule has 3 aromatic rings. The molecule has 0 bridgehead atoms. The molecule has 4 rings (SSSR count). The Morgan fingerprint density at radius 1 is 1.35 bits per heavy atom. The molecule has 134 valence electrons. The van der Waals surface area contributed by atoms with Crippen LogP contribution in [-0.2, 0) is 24.8 Å². The lowest BCUT2D eigenvalue weighted by atomic mass is 9.96. The van der Waals surface area contributed by atoms with Crippen molar-refractivity contribution in [3.05, 3.63) is 53.9 Å². The third-order valence-corrected chi connectivity index (χ3v) is 4.85. The molecule has 2 heterocycles. The van der Waals surface area contributed by atoms with E-state index in [1.807, 2.05) is 54.1 Å². The van der Waals surface area contributed by atoms with Crippen LogP contribution in [0.2, 0.25) is 0 Å². The van der Waals surface area contributed by atoms with E-state index in [0.29, 0.717) is 19.6 Å². The second-order valence-corrected chi connectivity index (χ2v) is 6.48. The van der Waals surface area contributed by atoms with Gasteiger partial charge in [-0.05, 0) is 30.2 Å². The SMILES string of the molecule is COc1ccc2c(c1)OC[C@@H](C(=O)NCc1nc3ccccc3n1C)C2. The molecule has 0 aliphatic carbocycles. The molecule has 0 saturated heterocycles. The van der Waals surface area contributed by atoms with Crippen molar-refractivity contribution in [3.63, 3.8) is 0 Å². The topological polar surface area (TPSA) is 65.4 Å². The summed E-state index contributed by atoms with van der Waals surface area (Å²) in [7, 11) is 3.59. The smallest absolute Gasteiger partial charge is 0.227 e. The number of methoxy groups -OCH3 is 1. The second-order valence-electron chi connectivity index (χ2n) is 6.48. The zero-order chi connectivity index (χ0) is 18.1. The molecular weight excluding hydrogens is 330 g/mol. The van der Waals surface area contributed by atoms with Crippen molar-refractivity contribution in [2.75, 3.05) is 13.7 Å². The lowest BCUT2D eigenvalue weighted by molar-refractivity contribution is -0.126. The Hall–Kier alpha value is -3.02. The van der Waals surface area contributed by atoms with Crippen LogP contribution in [0, 0.1) is 5.92 Å². The summed E-state index contributed by atoms with van der Waals surface area (Å²) < 4.78 is 13.0. The van der Waals surface area contributed by atoms with Gasteiger partial charge in [-0.2, -0.15) is 0 Å². The maximum absolute atomic E-state index is 12.6. The predicted molar refractivity (Wildman–Crippen MR) is 98.2 cm³/mol. The average Bonchev–Trinajstić information content (AvgIpc) is 3.01. The molecule has 0 spiro atoms. The van der Waals surface area contributed by atoms with Gasteiger partial charge in [0.2, 0.25) is 5.91 Å². The Bertz CT molecular complexity index is 964. The van der Waals surface area contributed by atoms with Crippen LogP contribution in [0.1, 0.15) is 11.4 Å². The van der Waals surface area contributed by atoms with Gasteiger partial charge in [0.1, 0.15) is 23.9 Å². The van der Waals surface area contributed by atoms with E-state index in [1.54, 1.807) is 7.11 Å². The summed E-state index contributed by atoms with van der Waals surface area (Å²) in [5.41, 5.74) is 3.02. The molecule has 6 nitrogen and oxygen atoms in total. The van der Waals surface area contributed by atoms with Gasteiger partial charge < -0.3 is 19.4 Å². The lowest BCUT2D eigenvalue weighted by Crippen LogP contribution is -2.37. The first-order valence-electron chi connectivity index (χ1n) is 8.63. The Morgan fingerprint density at radius 3 is 3.00 bits per heavy atom. The molecule has 1 N–H and O–H groups in total. The van der Waals surface area contributed by atoms with Gasteiger partial charge in [0.05, 0.1) is 30.6 Å². The quantitative estimate of drug-likeness (QED) is 0.784. The normalized spacial score (nSPS) is 16.0. The van der Waals surface area contributed by atoms with E-state index < -0.39 is 0 Å². The van der Waals surface area contributed by atoms with E-state index >= 15 is 0 Å². The highest BCUT2D eigenvalue weighted by atomic mass is 16.5. The molecule has 0 radical (unpaired) electrons. The molecule has 1 aliphatic rings. The number of nitrogens with one attached hydrogen (secondary N) is 1. The van der Waals surface area contributed by atoms with E-state index in [0.717, 1.165) is 33.9 Å². The van der Waals surface area contributed by atoms with E-state index in [2.05, 4.69) is 10.3 Å². The van der Waals surface area contributed by atoms with Gasteiger partial charge in [-0.25, -0.2) is 4.98 Å². The Kier molecular flexibility index (Phi) is 4.24. The van der Waals surface area contributed by atoms with Crippen LogP contribution in [0.15, 0.2) is 42.5 Å². The number of nitrogens with zero attached hydrogens (tertiary/aromatic N) is 2. The number of carbonyl (C=O) groups excluding carboxylic acids is 1. The molecule has 2 aromatic carbocycles. The number of fused-ring (bicyclic) bond motifs is 2. The van der Waals surface area contributed by atoms with Crippen LogP contribution in [0.25, 0.3) is 11.0 Å². The number of para-hydroxylation sites is 2. The fourth-order valence-corrected chi connectivity index (χ4v) is 3.31. The van der Waals surface area contributed by atoms with E-state index in [1.165, 1.54) is 0 Å². The number of hydrogen-bond acceptors (Lipinski definition) is 4. The van der Waals surface area contributed by atoms with Gasteiger partial charge in [-0.3, -0.25) is 4.79 Å². The summed E-state index contributed by atoms with van der Waals surface area (Å²) in [6, 6.07) is 13.7. The average molecular weight is 351 g/mol. The zero-order valence-corrected chi connectivity index (χ0v) is 14.9. The second kappa shape index (κ2) is 6.71. The lowest BCUT2D eigenvalue weighted by Gasteiger charge is -2.25. The molecule has 26 heavy (non-hydrogen) atoms. The number of rotatable bonds is 4. The van der Waals surface area contributed by atoms with Crippen molar-refractivity contribution in [2.24, 2.45) is 13.0 Å². The number of imidazole rings is 1. The summed E-state index contributed by atoms with van der Waals surface area (Å²) in [6.07, 6.45) is 0.660. The summed E-state index contributed by atoms with van der Waals surface area (Å²) >= 11 is 0. The highest BCUT2D eigenvalue weighted by Gasteiger charge is 2.26. The molecule has 1 atom stereocenters. The fourth-order valence-electron chi connectivity index (χ4n) is 3.31. The van der Waals surface area contributed by atoms with Crippen LogP contribution in [0.3, 0.4) is 0 Å². The van der Waals surface area contributed by atoms with Crippen LogP contribution < -0.4 is 14.8 Å². The summed E-state index contributed by atoms with van der Waals surface area (Å²) in [4.78, 5) is 17.2. The number of benzene rings is 2. The van der Waals surface area contributed by atoms with Crippen LogP contribution >= 0.6 is 0 Å². The maximum atomic E-state index is 12.6. The van der Waals surface area contributed by atoms with Crippen molar-refractivity contribution >= 4 is 16.9 Å². The highest BCUT2D eigenvalue weighted by molar-refractivity contribution is 5.80. The highest BCUT2D eigenvalue weighted by Crippen LogP contribution is 2.31. The first-order chi connectivity index (χ1) is 12.7. The number of carbonyl (C=O) groups is 1. The number of hydrogen-bond donors (Lipinski definition) is 1. The van der Waals surface area contributed by atoms with Crippen LogP contribution in [0.5, 0.6) is 11.5 Å². The Balaban J connectivity index is 1.42. The fraction of sp³-hybridized carbons (Fsp3) is 0.300. The number of amides is 1. The van der Waals surface area contributed by atoms with Crippen molar-refractivity contribution in [2.45, 2.75) is 13.0 Å². The molecule has 0 saturated carbocycles. The largest absolute Gasteiger partial charge is 0.497 e. The first-order valence-corrected chi connectivity index (χ1v) is 8.63. The van der Waals surface area contributed by atoms with Gasteiger partial charge >= 0.3 is 0 Å². The maximum Gasteiger partial charge on any atom is 0.227 e. The third-order valence-electron chi connectivity index (χ3n) is 4.85. The van der Waals surface area contributed by atoms with Gasteiger partial charge in [-0.15, -0.1) is 0 Å². The van der Waals surface area contributed by atoms with Crippen molar-refractivity contribution in [1.82, 2.24) is 14.9 Å². The van der Waals surface area contributed by atoms with Gasteiger partial charge in [0, 0.05) is 13.1 Å². The molecule has 0 fully saturated rings. The van der Waals surface area contributed by atoms with Crippen molar-refractivity contribution < 1.29 is 14.3 Å². The molecule has 1 aromatic heterocycles. The molecular formula is C20H21N3O3. The minimum absolute atomic E-state index is 0.0153. The first kappa shape index (κ1) is 16.4. The number of aromatic nitrogens is 2. The monoisotopic (exact) mass is 351 g/mol. The van der Waals surface area contributed by atoms with Gasteiger partial charge in [0.25, 0.3) is 0 Å². The molecule has 0 unspecified atom stereocenters. The molecule has 1 amide bonds. The van der Waals surface area contributed by atoms with E-state index in [4.69, 9.17) is 9.47 Å². The molecule has 6 heteroatoms. The Morgan fingerprint density at radius 2 is 2.19 bits per heavy atom. The van der Waals surface area contributed by atoms with Crippen LogP contribution in [0.4, 0.5) is 0 Å². The minimum Gasteiger partial charge on any atom is -0.497 e. The summed E-state index contributed by atoms with van der Waals surface area (Å²) in [5, 5.41) is 3.00. The number of ether oxygens (including phenoxy) is 2. The summed E-state index contributed by atoms with van der Waals surface area (Å²) in [5.74, 6) is 2.17. The van der Waals surface area contributed by atoms with E-state index in [9.17, 15) is 4.79 Å². The van der Waals surface area contributed by atoms with Crippen LogP contribution in [-0.4, -0.2) is 29.2 Å². The van der Waals surface area contributed by atoms with Gasteiger partial charge in [-0.1, -0.05) is 18.2 Å². The number of aryl methyl sites for hydroxylation is 1. The third kappa shape index (κ3) is 2.98. The van der Waals surface area contributed by atoms with Crippen molar-refractivity contribution in [3.8, 4) is 11.5 Å².